The number of benzene rings is 1. The van der Waals surface area contributed by atoms with E-state index in [0.717, 1.165) is 50.2 Å². The monoisotopic (exact) mass is 380 g/mol. The van der Waals surface area contributed by atoms with Crippen LogP contribution < -0.4 is 10.2 Å². The number of carbonyl (C=O) groups excluding carboxylic acids is 1. The van der Waals surface area contributed by atoms with E-state index in [1.807, 2.05) is 18.7 Å². The van der Waals surface area contributed by atoms with E-state index in [4.69, 9.17) is 0 Å². The van der Waals surface area contributed by atoms with Gasteiger partial charge in [-0.25, -0.2) is 0 Å². The number of aromatic amines is 1. The molecule has 3 rings (SSSR count). The molecule has 1 aliphatic rings. The molecule has 27 heavy (non-hydrogen) atoms. The highest BCUT2D eigenvalue weighted by molar-refractivity contribution is 6.04. The predicted molar refractivity (Wildman–Crippen MR) is 98.1 cm³/mol. The van der Waals surface area contributed by atoms with E-state index in [9.17, 15) is 18.0 Å². The molecule has 0 radical (unpaired) electrons. The fourth-order valence-electron chi connectivity index (χ4n) is 3.16. The summed E-state index contributed by atoms with van der Waals surface area (Å²) in [7, 11) is 0. The minimum absolute atomic E-state index is 0.153. The van der Waals surface area contributed by atoms with Crippen molar-refractivity contribution in [2.75, 3.05) is 23.3 Å². The van der Waals surface area contributed by atoms with E-state index in [1.54, 1.807) is 6.07 Å². The lowest BCUT2D eigenvalue weighted by atomic mass is 10.1. The van der Waals surface area contributed by atoms with Crippen LogP contribution in [-0.2, 0) is 6.18 Å². The molecular weight excluding hydrogens is 357 g/mol. The zero-order chi connectivity index (χ0) is 19.6. The Morgan fingerprint density at radius 1 is 1.19 bits per heavy atom. The summed E-state index contributed by atoms with van der Waals surface area (Å²) in [5, 5.41) is 9.38. The second kappa shape index (κ2) is 7.62. The smallest absolute Gasteiger partial charge is 0.370 e. The van der Waals surface area contributed by atoms with Crippen LogP contribution in [0.4, 0.5) is 24.5 Å². The molecule has 5 nitrogen and oxygen atoms in total. The van der Waals surface area contributed by atoms with Crippen LogP contribution in [0.25, 0.3) is 0 Å². The molecule has 1 fully saturated rings. The molecule has 1 saturated heterocycles. The maximum atomic E-state index is 13.2. The summed E-state index contributed by atoms with van der Waals surface area (Å²) < 4.78 is 39.5. The normalized spacial score (nSPS) is 15.3. The molecule has 8 heteroatoms. The molecule has 0 atom stereocenters. The molecule has 2 aromatic rings. The second-order valence-electron chi connectivity index (χ2n) is 7.09. The third-order valence-electron chi connectivity index (χ3n) is 4.72. The van der Waals surface area contributed by atoms with Gasteiger partial charge in [0.05, 0.1) is 16.9 Å². The van der Waals surface area contributed by atoms with Gasteiger partial charge in [-0.05, 0) is 49.4 Å². The van der Waals surface area contributed by atoms with Gasteiger partial charge in [-0.15, -0.1) is 0 Å². The third kappa shape index (κ3) is 4.43. The lowest BCUT2D eigenvalue weighted by Crippen LogP contribution is -2.30. The van der Waals surface area contributed by atoms with Gasteiger partial charge in [-0.2, -0.15) is 18.3 Å². The minimum atomic E-state index is -4.48. The Balaban J connectivity index is 1.91. The van der Waals surface area contributed by atoms with Crippen molar-refractivity contribution in [3.05, 3.63) is 41.2 Å². The van der Waals surface area contributed by atoms with Crippen LogP contribution in [0.15, 0.2) is 24.3 Å². The summed E-state index contributed by atoms with van der Waals surface area (Å²) in [6, 6.07) is 5.12. The first-order valence-electron chi connectivity index (χ1n) is 9.08. The summed E-state index contributed by atoms with van der Waals surface area (Å²) in [6.45, 7) is 5.43. The predicted octanol–water partition coefficient (Wildman–Crippen LogP) is 4.79. The fraction of sp³-hybridized carbons (Fsp3) is 0.474. The molecule has 0 bridgehead atoms. The Labute approximate surface area is 155 Å². The van der Waals surface area contributed by atoms with E-state index in [1.165, 1.54) is 6.07 Å². The average molecular weight is 380 g/mol. The van der Waals surface area contributed by atoms with Crippen molar-refractivity contribution in [1.29, 1.82) is 0 Å². The SMILES string of the molecule is CC(C)c1cc(C(=O)Nc2cc(C(F)(F)F)ccc2N2CCCCC2)n[nH]1. The zero-order valence-electron chi connectivity index (χ0n) is 15.4. The molecule has 2 N–H and O–H groups in total. The van der Waals surface area contributed by atoms with Crippen LogP contribution in [-0.4, -0.2) is 29.2 Å². The number of rotatable bonds is 4. The Hall–Kier alpha value is -2.51. The topological polar surface area (TPSA) is 61.0 Å². The van der Waals surface area contributed by atoms with E-state index < -0.39 is 17.6 Å². The Morgan fingerprint density at radius 2 is 1.89 bits per heavy atom. The van der Waals surface area contributed by atoms with Gasteiger partial charge in [0, 0.05) is 18.8 Å². The van der Waals surface area contributed by atoms with Crippen molar-refractivity contribution in [2.45, 2.75) is 45.2 Å². The molecule has 0 saturated carbocycles. The highest BCUT2D eigenvalue weighted by Gasteiger charge is 2.32. The first kappa shape index (κ1) is 19.3. The quantitative estimate of drug-likeness (QED) is 0.801. The van der Waals surface area contributed by atoms with E-state index in [2.05, 4.69) is 15.5 Å². The molecule has 146 valence electrons. The summed E-state index contributed by atoms with van der Waals surface area (Å²) >= 11 is 0. The molecular formula is C19H23F3N4O. The number of amides is 1. The maximum absolute atomic E-state index is 13.2. The van der Waals surface area contributed by atoms with Crippen molar-refractivity contribution in [3.63, 3.8) is 0 Å². The van der Waals surface area contributed by atoms with Gasteiger partial charge in [0.15, 0.2) is 5.69 Å². The number of hydrogen-bond donors (Lipinski definition) is 2. The highest BCUT2D eigenvalue weighted by atomic mass is 19.4. The molecule has 1 amide bonds. The van der Waals surface area contributed by atoms with E-state index in [-0.39, 0.29) is 17.3 Å². The van der Waals surface area contributed by atoms with Gasteiger partial charge in [0.2, 0.25) is 0 Å². The zero-order valence-corrected chi connectivity index (χ0v) is 15.4. The van der Waals surface area contributed by atoms with Gasteiger partial charge < -0.3 is 10.2 Å². The van der Waals surface area contributed by atoms with Crippen molar-refractivity contribution >= 4 is 17.3 Å². The standard InChI is InChI=1S/C19H23F3N4O/c1-12(2)14-11-16(25-24-14)18(27)23-15-10-13(19(20,21)22)6-7-17(15)26-8-4-3-5-9-26/h6-7,10-12H,3-5,8-9H2,1-2H3,(H,23,27)(H,24,25). The first-order chi connectivity index (χ1) is 12.8. The van der Waals surface area contributed by atoms with Gasteiger partial charge in [0.1, 0.15) is 0 Å². The highest BCUT2D eigenvalue weighted by Crippen LogP contribution is 2.36. The number of alkyl halides is 3. The van der Waals surface area contributed by atoms with Crippen molar-refractivity contribution in [2.24, 2.45) is 0 Å². The van der Waals surface area contributed by atoms with Gasteiger partial charge in [0.25, 0.3) is 5.91 Å². The number of aromatic nitrogens is 2. The maximum Gasteiger partial charge on any atom is 0.416 e. The van der Waals surface area contributed by atoms with Crippen LogP contribution in [0.2, 0.25) is 0 Å². The number of anilines is 2. The number of halogens is 3. The van der Waals surface area contributed by atoms with E-state index >= 15 is 0 Å². The average Bonchev–Trinajstić information content (AvgIpc) is 3.12. The van der Waals surface area contributed by atoms with Gasteiger partial charge >= 0.3 is 6.18 Å². The largest absolute Gasteiger partial charge is 0.416 e. The molecule has 1 aliphatic heterocycles. The van der Waals surface area contributed by atoms with Crippen LogP contribution in [0, 0.1) is 0 Å². The molecule has 2 heterocycles. The Bertz CT molecular complexity index is 808. The number of nitrogens with zero attached hydrogens (tertiary/aromatic N) is 2. The number of carbonyl (C=O) groups is 1. The molecule has 0 spiro atoms. The second-order valence-corrected chi connectivity index (χ2v) is 7.09. The Morgan fingerprint density at radius 3 is 2.48 bits per heavy atom. The van der Waals surface area contributed by atoms with E-state index in [0.29, 0.717) is 5.69 Å². The number of hydrogen-bond acceptors (Lipinski definition) is 3. The van der Waals surface area contributed by atoms with Crippen molar-refractivity contribution < 1.29 is 18.0 Å². The van der Waals surface area contributed by atoms with Gasteiger partial charge in [-0.1, -0.05) is 13.8 Å². The van der Waals surface area contributed by atoms with Crippen molar-refractivity contribution in [3.8, 4) is 0 Å². The fourth-order valence-corrected chi connectivity index (χ4v) is 3.16. The summed E-state index contributed by atoms with van der Waals surface area (Å²) in [5.74, 6) is -0.368. The number of H-pyrrole nitrogens is 1. The first-order valence-corrected chi connectivity index (χ1v) is 9.08. The summed E-state index contributed by atoms with van der Waals surface area (Å²) in [6.07, 6.45) is -1.42. The third-order valence-corrected chi connectivity index (χ3v) is 4.72. The number of piperidine rings is 1. The van der Waals surface area contributed by atoms with Crippen molar-refractivity contribution in [1.82, 2.24) is 10.2 Å². The van der Waals surface area contributed by atoms with Crippen LogP contribution in [0.3, 0.4) is 0 Å². The number of nitrogens with one attached hydrogen (secondary N) is 2. The van der Waals surface area contributed by atoms with Gasteiger partial charge in [-0.3, -0.25) is 9.89 Å². The molecule has 0 aliphatic carbocycles. The molecule has 0 unspecified atom stereocenters. The molecule has 1 aromatic carbocycles. The Kier molecular flexibility index (Phi) is 5.43. The lowest BCUT2D eigenvalue weighted by molar-refractivity contribution is -0.137. The van der Waals surface area contributed by atoms with Crippen LogP contribution >= 0.6 is 0 Å². The molecule has 1 aromatic heterocycles. The summed E-state index contributed by atoms with van der Waals surface area (Å²) in [4.78, 5) is 14.6. The minimum Gasteiger partial charge on any atom is -0.370 e. The van der Waals surface area contributed by atoms with Crippen LogP contribution in [0.5, 0.6) is 0 Å². The summed E-state index contributed by atoms with van der Waals surface area (Å²) in [5.41, 5.74) is 0.922. The lowest BCUT2D eigenvalue weighted by Gasteiger charge is -2.31. The van der Waals surface area contributed by atoms with Crippen LogP contribution in [0.1, 0.15) is 60.8 Å².